The fraction of sp³-hybridized carbons (Fsp3) is 1.00. The molecule has 1 N–H and O–H groups in total. The molecule has 1 saturated heterocycles. The molecule has 0 radical (unpaired) electrons. The van der Waals surface area contributed by atoms with Crippen LogP contribution in [0.3, 0.4) is 0 Å². The van der Waals surface area contributed by atoms with Crippen LogP contribution in [-0.2, 0) is 0 Å². The van der Waals surface area contributed by atoms with Crippen LogP contribution in [-0.4, -0.2) is 36.1 Å². The van der Waals surface area contributed by atoms with E-state index in [-0.39, 0.29) is 0 Å². The van der Waals surface area contributed by atoms with Crippen LogP contribution >= 0.6 is 0 Å². The number of hydrogen-bond donors (Lipinski definition) is 1. The molecule has 18 heavy (non-hydrogen) atoms. The van der Waals surface area contributed by atoms with E-state index < -0.39 is 0 Å². The molecule has 0 amide bonds. The summed E-state index contributed by atoms with van der Waals surface area (Å²) < 4.78 is 0. The zero-order valence-corrected chi connectivity index (χ0v) is 12.3. The van der Waals surface area contributed by atoms with Gasteiger partial charge in [0, 0.05) is 31.2 Å². The van der Waals surface area contributed by atoms with Gasteiger partial charge in [0.15, 0.2) is 0 Å². The van der Waals surface area contributed by atoms with E-state index in [4.69, 9.17) is 0 Å². The molecule has 1 unspecified atom stereocenters. The van der Waals surface area contributed by atoms with E-state index in [0.717, 1.165) is 17.9 Å². The number of nitrogens with one attached hydrogen (secondary N) is 1. The highest BCUT2D eigenvalue weighted by atomic mass is 15.3. The van der Waals surface area contributed by atoms with Gasteiger partial charge in [-0.15, -0.1) is 0 Å². The summed E-state index contributed by atoms with van der Waals surface area (Å²) in [6, 6.07) is 0.745. The third-order valence-electron chi connectivity index (χ3n) is 5.30. The van der Waals surface area contributed by atoms with Gasteiger partial charge in [0.2, 0.25) is 0 Å². The summed E-state index contributed by atoms with van der Waals surface area (Å²) in [5.41, 5.74) is 0.552. The van der Waals surface area contributed by atoms with Crippen LogP contribution in [0.4, 0.5) is 0 Å². The molecule has 1 atom stereocenters. The first kappa shape index (κ1) is 12.9. The van der Waals surface area contributed by atoms with Crippen LogP contribution in [0.1, 0.15) is 58.8 Å². The van der Waals surface area contributed by atoms with Gasteiger partial charge in [0.25, 0.3) is 0 Å². The molecule has 2 heteroatoms. The minimum absolute atomic E-state index is 0.552. The maximum absolute atomic E-state index is 3.87. The smallest absolute Gasteiger partial charge is 0.0334 e. The Morgan fingerprint density at radius 3 is 2.56 bits per heavy atom. The third-order valence-corrected chi connectivity index (χ3v) is 5.30. The lowest BCUT2D eigenvalue weighted by Crippen LogP contribution is -2.64. The Labute approximate surface area is 113 Å². The second kappa shape index (κ2) is 5.13. The molecule has 2 aliphatic carbocycles. The molecular weight excluding hydrogens is 220 g/mol. The van der Waals surface area contributed by atoms with E-state index in [2.05, 4.69) is 24.1 Å². The highest BCUT2D eigenvalue weighted by Gasteiger charge is 2.44. The molecule has 1 aliphatic heterocycles. The Balaban J connectivity index is 1.64. The maximum atomic E-state index is 3.87. The standard InChI is InChI=1S/C16H30N2/c1-13(2)9-15-11-18(10-14-5-6-14)16(12-17-15)7-3-4-8-16/h13-15,17H,3-12H2,1-2H3. The van der Waals surface area contributed by atoms with Crippen molar-refractivity contribution < 1.29 is 0 Å². The van der Waals surface area contributed by atoms with Gasteiger partial charge in [-0.1, -0.05) is 26.7 Å². The Hall–Kier alpha value is -0.0800. The number of rotatable bonds is 4. The zero-order chi connectivity index (χ0) is 12.6. The molecule has 2 saturated carbocycles. The van der Waals surface area contributed by atoms with Crippen LogP contribution in [0.25, 0.3) is 0 Å². The molecule has 3 aliphatic rings. The van der Waals surface area contributed by atoms with Crippen molar-refractivity contribution in [1.82, 2.24) is 10.2 Å². The Bertz CT molecular complexity index is 277. The lowest BCUT2D eigenvalue weighted by Gasteiger charge is -2.49. The van der Waals surface area contributed by atoms with Crippen molar-refractivity contribution in [3.05, 3.63) is 0 Å². The molecule has 104 valence electrons. The van der Waals surface area contributed by atoms with E-state index in [1.165, 1.54) is 64.6 Å². The molecule has 0 bridgehead atoms. The lowest BCUT2D eigenvalue weighted by molar-refractivity contribution is 0.0346. The van der Waals surface area contributed by atoms with Gasteiger partial charge in [0.1, 0.15) is 0 Å². The first-order chi connectivity index (χ1) is 8.68. The summed E-state index contributed by atoms with van der Waals surface area (Å²) in [6.07, 6.45) is 10.1. The molecule has 0 aromatic heterocycles. The largest absolute Gasteiger partial charge is 0.311 e. The lowest BCUT2D eigenvalue weighted by atomic mass is 9.88. The van der Waals surface area contributed by atoms with Crippen molar-refractivity contribution in [2.75, 3.05) is 19.6 Å². The quantitative estimate of drug-likeness (QED) is 0.825. The maximum Gasteiger partial charge on any atom is 0.0334 e. The highest BCUT2D eigenvalue weighted by Crippen LogP contribution is 2.40. The van der Waals surface area contributed by atoms with Crippen LogP contribution in [0.15, 0.2) is 0 Å². The minimum atomic E-state index is 0.552. The van der Waals surface area contributed by atoms with E-state index in [0.29, 0.717) is 5.54 Å². The third kappa shape index (κ3) is 2.75. The normalized spacial score (nSPS) is 32.5. The Kier molecular flexibility index (Phi) is 3.68. The Morgan fingerprint density at radius 1 is 1.22 bits per heavy atom. The summed E-state index contributed by atoms with van der Waals surface area (Å²) in [7, 11) is 0. The highest BCUT2D eigenvalue weighted by molar-refractivity contribution is 5.03. The SMILES string of the molecule is CC(C)CC1CN(CC2CC2)C2(CCCC2)CN1. The molecule has 1 heterocycles. The summed E-state index contributed by atoms with van der Waals surface area (Å²) in [5.74, 6) is 1.86. The monoisotopic (exact) mass is 250 g/mol. The zero-order valence-electron chi connectivity index (χ0n) is 12.3. The van der Waals surface area contributed by atoms with Crippen LogP contribution in [0.2, 0.25) is 0 Å². The van der Waals surface area contributed by atoms with Crippen LogP contribution in [0.5, 0.6) is 0 Å². The predicted octanol–water partition coefficient (Wildman–Crippen LogP) is 3.03. The van der Waals surface area contributed by atoms with Gasteiger partial charge in [0.05, 0.1) is 0 Å². The molecule has 1 spiro atoms. The van der Waals surface area contributed by atoms with E-state index in [1.54, 1.807) is 0 Å². The van der Waals surface area contributed by atoms with Crippen molar-refractivity contribution in [3.8, 4) is 0 Å². The predicted molar refractivity (Wildman–Crippen MR) is 76.7 cm³/mol. The summed E-state index contributed by atoms with van der Waals surface area (Å²) >= 11 is 0. The molecule has 2 nitrogen and oxygen atoms in total. The number of hydrogen-bond acceptors (Lipinski definition) is 2. The second-order valence-electron chi connectivity index (χ2n) is 7.49. The van der Waals surface area contributed by atoms with Gasteiger partial charge in [-0.2, -0.15) is 0 Å². The van der Waals surface area contributed by atoms with E-state index in [1.807, 2.05) is 0 Å². The average molecular weight is 250 g/mol. The van der Waals surface area contributed by atoms with Crippen molar-refractivity contribution in [1.29, 1.82) is 0 Å². The topological polar surface area (TPSA) is 15.3 Å². The summed E-state index contributed by atoms with van der Waals surface area (Å²) in [6.45, 7) is 8.68. The van der Waals surface area contributed by atoms with Gasteiger partial charge in [-0.25, -0.2) is 0 Å². The summed E-state index contributed by atoms with van der Waals surface area (Å²) in [5, 5.41) is 3.87. The van der Waals surface area contributed by atoms with Crippen molar-refractivity contribution in [2.24, 2.45) is 11.8 Å². The second-order valence-corrected chi connectivity index (χ2v) is 7.49. The fourth-order valence-electron chi connectivity index (χ4n) is 4.10. The van der Waals surface area contributed by atoms with Gasteiger partial charge in [-0.05, 0) is 43.9 Å². The van der Waals surface area contributed by atoms with Gasteiger partial charge >= 0.3 is 0 Å². The number of piperazine rings is 1. The molecule has 3 rings (SSSR count). The molecular formula is C16H30N2. The van der Waals surface area contributed by atoms with Crippen molar-refractivity contribution >= 4 is 0 Å². The van der Waals surface area contributed by atoms with Crippen molar-refractivity contribution in [2.45, 2.75) is 70.4 Å². The molecule has 3 fully saturated rings. The van der Waals surface area contributed by atoms with E-state index >= 15 is 0 Å². The van der Waals surface area contributed by atoms with Crippen LogP contribution in [0, 0.1) is 11.8 Å². The first-order valence-electron chi connectivity index (χ1n) is 8.16. The summed E-state index contributed by atoms with van der Waals surface area (Å²) in [4.78, 5) is 2.90. The fourth-order valence-corrected chi connectivity index (χ4v) is 4.10. The number of nitrogens with zero attached hydrogens (tertiary/aromatic N) is 1. The molecule has 0 aromatic carbocycles. The average Bonchev–Trinajstić information content (AvgIpc) is 3.01. The van der Waals surface area contributed by atoms with E-state index in [9.17, 15) is 0 Å². The first-order valence-corrected chi connectivity index (χ1v) is 8.16. The van der Waals surface area contributed by atoms with Gasteiger partial charge < -0.3 is 5.32 Å². The minimum Gasteiger partial charge on any atom is -0.311 e. The van der Waals surface area contributed by atoms with Crippen molar-refractivity contribution in [3.63, 3.8) is 0 Å². The van der Waals surface area contributed by atoms with Crippen LogP contribution < -0.4 is 5.32 Å². The Morgan fingerprint density at radius 2 is 1.94 bits per heavy atom. The molecule has 0 aromatic rings. The van der Waals surface area contributed by atoms with Gasteiger partial charge in [-0.3, -0.25) is 4.90 Å².